The molecule has 1 fully saturated rings. The first-order chi connectivity index (χ1) is 10.6. The summed E-state index contributed by atoms with van der Waals surface area (Å²) < 4.78 is 0. The van der Waals surface area contributed by atoms with Crippen molar-refractivity contribution in [2.75, 3.05) is 41.4 Å². The molecule has 1 aliphatic heterocycles. The molecule has 0 bridgehead atoms. The molecule has 1 aromatic rings. The van der Waals surface area contributed by atoms with Gasteiger partial charge in [0.1, 0.15) is 0 Å². The van der Waals surface area contributed by atoms with E-state index in [2.05, 4.69) is 33.7 Å². The number of thioether (sulfide) groups is 1. The summed E-state index contributed by atoms with van der Waals surface area (Å²) >= 11 is 1.99. The molecule has 6 heteroatoms. The lowest BCUT2D eigenvalue weighted by atomic mass is 10.1. The third kappa shape index (κ3) is 4.57. The monoisotopic (exact) mass is 318 g/mol. The van der Waals surface area contributed by atoms with E-state index in [0.717, 1.165) is 24.3 Å². The van der Waals surface area contributed by atoms with Crippen molar-refractivity contribution in [2.24, 2.45) is 5.92 Å². The number of nitrogens with zero attached hydrogens (tertiary/aromatic N) is 2. The summed E-state index contributed by atoms with van der Waals surface area (Å²) in [6.45, 7) is 6.27. The Morgan fingerprint density at radius 2 is 2.18 bits per heavy atom. The summed E-state index contributed by atoms with van der Waals surface area (Å²) in [4.78, 5) is 14.2. The number of nitrogens with one attached hydrogen (secondary N) is 2. The second-order valence-electron chi connectivity index (χ2n) is 5.46. The minimum Gasteiger partial charge on any atom is -0.370 e. The summed E-state index contributed by atoms with van der Waals surface area (Å²) in [5, 5.41) is 14.2. The third-order valence-corrected chi connectivity index (χ3v) is 4.57. The number of carbonyl (C=O) groups excluding carboxylic acids is 1. The van der Waals surface area contributed by atoms with Crippen LogP contribution in [-0.2, 0) is 0 Å². The summed E-state index contributed by atoms with van der Waals surface area (Å²) in [7, 11) is 0. The lowest BCUT2D eigenvalue weighted by Crippen LogP contribution is -2.33. The number of aryl methyl sites for hydroxylation is 1. The van der Waals surface area contributed by atoms with Gasteiger partial charge in [0.05, 0.1) is 12.0 Å². The van der Waals surface area contributed by atoms with Gasteiger partial charge in [-0.2, -0.15) is 17.0 Å². The Hall–Kier alpha value is -1.87. The number of hydrogen-bond acceptors (Lipinski definition) is 4. The topological polar surface area (TPSA) is 68.2 Å². The molecule has 1 heterocycles. The lowest BCUT2D eigenvalue weighted by molar-refractivity contribution is 0.251. The van der Waals surface area contributed by atoms with Gasteiger partial charge in [0.2, 0.25) is 0 Å². The molecule has 5 nitrogen and oxygen atoms in total. The van der Waals surface area contributed by atoms with E-state index < -0.39 is 0 Å². The van der Waals surface area contributed by atoms with Gasteiger partial charge in [0, 0.05) is 42.5 Å². The Labute approximate surface area is 136 Å². The van der Waals surface area contributed by atoms with Crippen LogP contribution in [0, 0.1) is 24.2 Å². The van der Waals surface area contributed by atoms with E-state index >= 15 is 0 Å². The average Bonchev–Trinajstić information content (AvgIpc) is 2.55. The predicted molar refractivity (Wildman–Crippen MR) is 92.5 cm³/mol. The Balaban J connectivity index is 1.94. The maximum Gasteiger partial charge on any atom is 0.319 e. The van der Waals surface area contributed by atoms with Crippen LogP contribution in [0.2, 0.25) is 0 Å². The van der Waals surface area contributed by atoms with Gasteiger partial charge >= 0.3 is 6.03 Å². The highest BCUT2D eigenvalue weighted by Gasteiger charge is 2.13. The lowest BCUT2D eigenvalue weighted by Gasteiger charge is -2.29. The first-order valence-corrected chi connectivity index (χ1v) is 8.63. The summed E-state index contributed by atoms with van der Waals surface area (Å²) in [5.74, 6) is 2.14. The highest BCUT2D eigenvalue weighted by Crippen LogP contribution is 2.24. The fourth-order valence-electron chi connectivity index (χ4n) is 2.26. The maximum atomic E-state index is 11.8. The maximum absolute atomic E-state index is 11.8. The molecular formula is C16H22N4OS. The molecule has 2 amide bonds. The number of hydrogen-bond donors (Lipinski definition) is 2. The minimum absolute atomic E-state index is 0.189. The number of amides is 2. The van der Waals surface area contributed by atoms with Crippen molar-refractivity contribution < 1.29 is 4.79 Å². The number of nitriles is 1. The van der Waals surface area contributed by atoms with Gasteiger partial charge in [-0.1, -0.05) is 0 Å². The Morgan fingerprint density at radius 1 is 1.45 bits per heavy atom. The van der Waals surface area contributed by atoms with Gasteiger partial charge in [0.15, 0.2) is 0 Å². The SMILES string of the molecule is Cc1cc(N2CCSCC2)ccc1NC(=O)NC[C@H](C)C#N. The number of anilines is 2. The second kappa shape index (κ2) is 7.95. The highest BCUT2D eigenvalue weighted by atomic mass is 32.2. The minimum atomic E-state index is -0.271. The van der Waals surface area contributed by atoms with Crippen LogP contribution < -0.4 is 15.5 Å². The van der Waals surface area contributed by atoms with Crippen molar-refractivity contribution in [3.05, 3.63) is 23.8 Å². The van der Waals surface area contributed by atoms with Gasteiger partial charge in [0.25, 0.3) is 0 Å². The van der Waals surface area contributed by atoms with E-state index in [0.29, 0.717) is 6.54 Å². The van der Waals surface area contributed by atoms with Crippen molar-refractivity contribution >= 4 is 29.2 Å². The molecule has 1 aromatic carbocycles. The molecule has 22 heavy (non-hydrogen) atoms. The van der Waals surface area contributed by atoms with Crippen LogP contribution in [-0.4, -0.2) is 37.2 Å². The first-order valence-electron chi connectivity index (χ1n) is 7.48. The molecule has 118 valence electrons. The molecule has 0 unspecified atom stereocenters. The van der Waals surface area contributed by atoms with Crippen LogP contribution in [0.4, 0.5) is 16.2 Å². The molecule has 0 spiro atoms. The molecule has 2 rings (SSSR count). The Morgan fingerprint density at radius 3 is 2.82 bits per heavy atom. The van der Waals surface area contributed by atoms with E-state index in [1.165, 1.54) is 17.2 Å². The molecule has 0 radical (unpaired) electrons. The summed E-state index contributed by atoms with van der Waals surface area (Å²) in [6.07, 6.45) is 0. The van der Waals surface area contributed by atoms with E-state index in [4.69, 9.17) is 5.26 Å². The normalized spacial score (nSPS) is 15.8. The van der Waals surface area contributed by atoms with Gasteiger partial charge < -0.3 is 15.5 Å². The van der Waals surface area contributed by atoms with Crippen LogP contribution in [0.15, 0.2) is 18.2 Å². The van der Waals surface area contributed by atoms with Crippen LogP contribution in [0.3, 0.4) is 0 Å². The quantitative estimate of drug-likeness (QED) is 0.896. The zero-order valence-electron chi connectivity index (χ0n) is 13.1. The molecule has 1 atom stereocenters. The fourth-order valence-corrected chi connectivity index (χ4v) is 3.17. The molecule has 0 aromatic heterocycles. The van der Waals surface area contributed by atoms with Crippen molar-refractivity contribution in [1.29, 1.82) is 5.26 Å². The van der Waals surface area contributed by atoms with Crippen LogP contribution in [0.5, 0.6) is 0 Å². The summed E-state index contributed by atoms with van der Waals surface area (Å²) in [5.41, 5.74) is 3.05. The number of urea groups is 1. The largest absolute Gasteiger partial charge is 0.370 e. The standard InChI is InChI=1S/C16H22N4OS/c1-12(10-17)11-18-16(21)19-15-4-3-14(9-13(15)2)20-5-7-22-8-6-20/h3-4,9,12H,5-8,11H2,1-2H3,(H2,18,19,21)/t12-/m1/s1. The highest BCUT2D eigenvalue weighted by molar-refractivity contribution is 7.99. The van der Waals surface area contributed by atoms with E-state index in [1.54, 1.807) is 6.92 Å². The van der Waals surface area contributed by atoms with E-state index in [-0.39, 0.29) is 11.9 Å². The second-order valence-corrected chi connectivity index (χ2v) is 6.69. The van der Waals surface area contributed by atoms with Crippen molar-refractivity contribution in [3.8, 4) is 6.07 Å². The van der Waals surface area contributed by atoms with Gasteiger partial charge in [-0.25, -0.2) is 4.79 Å². The Bertz CT molecular complexity index is 564. The van der Waals surface area contributed by atoms with Crippen molar-refractivity contribution in [1.82, 2.24) is 5.32 Å². The van der Waals surface area contributed by atoms with Gasteiger partial charge in [-0.05, 0) is 37.6 Å². The van der Waals surface area contributed by atoms with Crippen LogP contribution in [0.25, 0.3) is 0 Å². The van der Waals surface area contributed by atoms with Gasteiger partial charge in [-0.3, -0.25) is 0 Å². The fraction of sp³-hybridized carbons (Fsp3) is 0.500. The van der Waals surface area contributed by atoms with Crippen LogP contribution >= 0.6 is 11.8 Å². The van der Waals surface area contributed by atoms with Gasteiger partial charge in [-0.15, -0.1) is 0 Å². The predicted octanol–water partition coefficient (Wildman–Crippen LogP) is 2.83. The third-order valence-electron chi connectivity index (χ3n) is 3.62. The number of benzene rings is 1. The van der Waals surface area contributed by atoms with Crippen molar-refractivity contribution in [3.63, 3.8) is 0 Å². The first kappa shape index (κ1) is 16.5. The summed E-state index contributed by atoms with van der Waals surface area (Å²) in [6, 6.07) is 7.93. The zero-order valence-corrected chi connectivity index (χ0v) is 13.9. The van der Waals surface area contributed by atoms with Crippen molar-refractivity contribution in [2.45, 2.75) is 13.8 Å². The molecular weight excluding hydrogens is 296 g/mol. The zero-order chi connectivity index (χ0) is 15.9. The molecule has 0 aliphatic carbocycles. The van der Waals surface area contributed by atoms with E-state index in [9.17, 15) is 4.79 Å². The molecule has 1 saturated heterocycles. The Kier molecular flexibility index (Phi) is 5.96. The van der Waals surface area contributed by atoms with E-state index in [1.807, 2.05) is 24.8 Å². The molecule has 1 aliphatic rings. The number of rotatable bonds is 4. The van der Waals surface area contributed by atoms with Crippen LogP contribution in [0.1, 0.15) is 12.5 Å². The average molecular weight is 318 g/mol. The smallest absolute Gasteiger partial charge is 0.319 e. The number of carbonyl (C=O) groups is 1. The molecule has 0 saturated carbocycles. The molecule has 2 N–H and O–H groups in total.